The Morgan fingerprint density at radius 2 is 1.65 bits per heavy atom. The fourth-order valence-corrected chi connectivity index (χ4v) is 5.34. The topological polar surface area (TPSA) is 114 Å². The Morgan fingerprint density at radius 3 is 2.27 bits per heavy atom. The molecule has 2 fully saturated rings. The zero-order valence-electron chi connectivity index (χ0n) is 20.9. The van der Waals surface area contributed by atoms with Crippen LogP contribution in [-0.4, -0.2) is 45.8 Å². The molecule has 190 valence electrons. The van der Waals surface area contributed by atoms with E-state index in [4.69, 9.17) is 19.9 Å². The van der Waals surface area contributed by atoms with Crippen LogP contribution in [0.1, 0.15) is 37.7 Å². The highest BCUT2D eigenvalue weighted by Gasteiger charge is 2.38. The maximum absolute atomic E-state index is 9.97. The number of anilines is 1. The first-order valence-electron chi connectivity index (χ1n) is 12.8. The zero-order chi connectivity index (χ0) is 25.8. The van der Waals surface area contributed by atoms with Gasteiger partial charge in [-0.2, -0.15) is 0 Å². The predicted molar refractivity (Wildman–Crippen MR) is 145 cm³/mol. The van der Waals surface area contributed by atoms with Gasteiger partial charge >= 0.3 is 0 Å². The largest absolute Gasteiger partial charge is 0.483 e. The minimum atomic E-state index is -0.250. The van der Waals surface area contributed by atoms with Gasteiger partial charge in [0.1, 0.15) is 11.4 Å². The molecule has 1 aliphatic heterocycles. The Bertz CT molecular complexity index is 1360. The van der Waals surface area contributed by atoms with Gasteiger partial charge in [-0.3, -0.25) is 4.79 Å². The number of aliphatic hydroxyl groups excluding tert-OH is 1. The summed E-state index contributed by atoms with van der Waals surface area (Å²) in [7, 11) is 0. The van der Waals surface area contributed by atoms with Gasteiger partial charge in [-0.25, -0.2) is 9.97 Å². The average Bonchev–Trinajstić information content (AvgIpc) is 2.92. The van der Waals surface area contributed by atoms with E-state index >= 15 is 0 Å². The Kier molecular flexibility index (Phi) is 7.17. The van der Waals surface area contributed by atoms with E-state index < -0.39 is 0 Å². The van der Waals surface area contributed by atoms with Crippen LogP contribution in [0.3, 0.4) is 0 Å². The Hall–Kier alpha value is -3.81. The van der Waals surface area contributed by atoms with Crippen molar-refractivity contribution in [1.29, 1.82) is 0 Å². The molecular weight excluding hydrogens is 464 g/mol. The standard InChI is InChI=1S/C29H30N4O.CH2O2/c30-29(14-4-15-29)22-9-7-21(8-10-22)27-24(20-5-2-1-3-6-20)19-25-26(32-27)11-16-31-28(25)33-17-12-23(34)13-18-33;2-1-3/h1-3,5-11,16,19,23,34H,4,12-15,17-18,30H2;1H,(H,2,3)/p+1. The van der Waals surface area contributed by atoms with Gasteiger partial charge < -0.3 is 20.8 Å². The maximum atomic E-state index is 9.97. The second kappa shape index (κ2) is 10.7. The van der Waals surface area contributed by atoms with Gasteiger partial charge in [-0.15, -0.1) is 0 Å². The van der Waals surface area contributed by atoms with E-state index in [9.17, 15) is 5.11 Å². The Labute approximate surface area is 216 Å². The molecule has 7 nitrogen and oxygen atoms in total. The summed E-state index contributed by atoms with van der Waals surface area (Å²) in [4.78, 5) is 20.6. The lowest BCUT2D eigenvalue weighted by Gasteiger charge is -2.34. The number of hydrogen-bond acceptors (Lipinski definition) is 5. The monoisotopic (exact) mass is 497 g/mol. The second-order valence-corrected chi connectivity index (χ2v) is 9.99. The number of pyridine rings is 2. The third-order valence-electron chi connectivity index (χ3n) is 7.65. The summed E-state index contributed by atoms with van der Waals surface area (Å²) in [5, 5.41) is 17.9. The van der Waals surface area contributed by atoms with Crippen LogP contribution in [0.5, 0.6) is 0 Å². The Balaban J connectivity index is 0.000000892. The lowest BCUT2D eigenvalue weighted by atomic mass is 9.72. The highest BCUT2D eigenvalue weighted by atomic mass is 16.3. The lowest BCUT2D eigenvalue weighted by molar-refractivity contribution is -0.509. The van der Waals surface area contributed by atoms with E-state index in [-0.39, 0.29) is 18.1 Å². The normalized spacial score (nSPS) is 17.0. The number of hydrogen-bond donors (Lipinski definition) is 3. The average molecular weight is 498 g/mol. The van der Waals surface area contributed by atoms with Crippen molar-refractivity contribution in [3.63, 3.8) is 0 Å². The molecule has 0 amide bonds. The molecule has 1 saturated carbocycles. The molecule has 0 bridgehead atoms. The Morgan fingerprint density at radius 1 is 0.973 bits per heavy atom. The molecule has 3 heterocycles. The number of carboxylic acid groups (broad SMARTS) is 1. The van der Waals surface area contributed by atoms with Crippen LogP contribution in [0, 0.1) is 0 Å². The minimum absolute atomic E-state index is 0.0835. The van der Waals surface area contributed by atoms with Crippen molar-refractivity contribution in [2.45, 2.75) is 43.7 Å². The van der Waals surface area contributed by atoms with Crippen LogP contribution >= 0.6 is 0 Å². The molecule has 1 aliphatic carbocycles. The quantitative estimate of drug-likeness (QED) is 0.363. The molecule has 2 aromatic carbocycles. The highest BCUT2D eigenvalue weighted by Crippen LogP contribution is 2.39. The molecule has 7 heteroatoms. The van der Waals surface area contributed by atoms with Crippen molar-refractivity contribution in [3.8, 4) is 22.4 Å². The number of carbonyl (C=O) groups is 1. The van der Waals surface area contributed by atoms with Crippen LogP contribution in [0.2, 0.25) is 0 Å². The first kappa shape index (κ1) is 24.9. The van der Waals surface area contributed by atoms with E-state index in [1.54, 1.807) is 0 Å². The van der Waals surface area contributed by atoms with Gasteiger partial charge in [-0.05, 0) is 37.0 Å². The van der Waals surface area contributed by atoms with Crippen molar-refractivity contribution in [2.75, 3.05) is 18.0 Å². The van der Waals surface area contributed by atoms with Gasteiger partial charge in [-0.1, -0.05) is 54.6 Å². The molecule has 1 saturated heterocycles. The second-order valence-electron chi connectivity index (χ2n) is 9.99. The van der Waals surface area contributed by atoms with Gasteiger partial charge in [0.05, 0.1) is 17.3 Å². The minimum Gasteiger partial charge on any atom is -0.483 e. The SMILES string of the molecule is O=CO.[NH3+]C1(c2ccc(-c3nc4ccnc(N5CCC(O)CC5)c4cc3-c3ccccc3)cc2)CCC1. The van der Waals surface area contributed by atoms with E-state index in [0.717, 1.165) is 65.0 Å². The summed E-state index contributed by atoms with van der Waals surface area (Å²) in [6.45, 7) is 1.37. The van der Waals surface area contributed by atoms with Gasteiger partial charge in [0.2, 0.25) is 0 Å². The highest BCUT2D eigenvalue weighted by molar-refractivity contribution is 5.97. The summed E-state index contributed by atoms with van der Waals surface area (Å²) in [5.74, 6) is 0.958. The summed E-state index contributed by atoms with van der Waals surface area (Å²) in [6, 6.07) is 23.6. The number of piperidine rings is 1. The number of aromatic nitrogens is 2. The van der Waals surface area contributed by atoms with E-state index in [1.165, 1.54) is 24.8 Å². The van der Waals surface area contributed by atoms with E-state index in [0.29, 0.717) is 0 Å². The number of rotatable bonds is 4. The fraction of sp³-hybridized carbons (Fsp3) is 0.300. The molecular formula is C30H33N4O3+. The van der Waals surface area contributed by atoms with E-state index in [1.807, 2.05) is 18.3 Å². The van der Waals surface area contributed by atoms with Crippen LogP contribution < -0.4 is 10.6 Å². The molecule has 2 aromatic heterocycles. The van der Waals surface area contributed by atoms with Crippen LogP contribution in [0.15, 0.2) is 72.9 Å². The summed E-state index contributed by atoms with van der Waals surface area (Å²) >= 11 is 0. The van der Waals surface area contributed by atoms with Crippen molar-refractivity contribution in [1.82, 2.24) is 9.97 Å². The molecule has 4 aromatic rings. The van der Waals surface area contributed by atoms with Crippen molar-refractivity contribution < 1.29 is 20.7 Å². The van der Waals surface area contributed by atoms with Gasteiger partial charge in [0.25, 0.3) is 6.47 Å². The number of nitrogens with zero attached hydrogens (tertiary/aromatic N) is 3. The van der Waals surface area contributed by atoms with Crippen LogP contribution in [0.25, 0.3) is 33.3 Å². The molecule has 37 heavy (non-hydrogen) atoms. The molecule has 5 N–H and O–H groups in total. The summed E-state index contributed by atoms with van der Waals surface area (Å²) in [6.07, 6.45) is 6.79. The van der Waals surface area contributed by atoms with Crippen molar-refractivity contribution in [2.24, 2.45) is 0 Å². The third-order valence-corrected chi connectivity index (χ3v) is 7.65. The van der Waals surface area contributed by atoms with Gasteiger partial charge in [0.15, 0.2) is 0 Å². The molecule has 6 rings (SSSR count). The molecule has 0 spiro atoms. The third kappa shape index (κ3) is 5.05. The fourth-order valence-electron chi connectivity index (χ4n) is 5.34. The molecule has 2 aliphatic rings. The van der Waals surface area contributed by atoms with Crippen LogP contribution in [0.4, 0.5) is 5.82 Å². The smallest absolute Gasteiger partial charge is 0.290 e. The lowest BCUT2D eigenvalue weighted by Crippen LogP contribution is -2.73. The molecule has 0 radical (unpaired) electrons. The first-order valence-corrected chi connectivity index (χ1v) is 12.8. The van der Waals surface area contributed by atoms with Crippen molar-refractivity contribution in [3.05, 3.63) is 78.5 Å². The van der Waals surface area contributed by atoms with Crippen LogP contribution in [-0.2, 0) is 10.3 Å². The van der Waals surface area contributed by atoms with Crippen molar-refractivity contribution >= 4 is 23.2 Å². The molecule has 0 atom stereocenters. The summed E-state index contributed by atoms with van der Waals surface area (Å²) in [5.41, 5.74) is 11.2. The van der Waals surface area contributed by atoms with Gasteiger partial charge in [0, 0.05) is 54.2 Å². The number of quaternary nitrogens is 1. The number of aliphatic hydroxyl groups is 1. The number of benzene rings is 2. The summed E-state index contributed by atoms with van der Waals surface area (Å²) < 4.78 is 0. The first-order chi connectivity index (χ1) is 18.0. The molecule has 0 unspecified atom stereocenters. The number of fused-ring (bicyclic) bond motifs is 1. The maximum Gasteiger partial charge on any atom is 0.290 e. The van der Waals surface area contributed by atoms with E-state index in [2.05, 4.69) is 65.2 Å². The predicted octanol–water partition coefficient (Wildman–Crippen LogP) is 4.25. The zero-order valence-corrected chi connectivity index (χ0v) is 20.9.